The van der Waals surface area contributed by atoms with E-state index >= 15 is 0 Å². The summed E-state index contributed by atoms with van der Waals surface area (Å²) in [7, 11) is 0. The minimum atomic E-state index is 0.110. The molecule has 2 rings (SSSR count). The van der Waals surface area contributed by atoms with E-state index in [1.54, 1.807) is 0 Å². The maximum Gasteiger partial charge on any atom is 0.0456 e. The van der Waals surface area contributed by atoms with E-state index in [-0.39, 0.29) is 6.04 Å². The Kier molecular flexibility index (Phi) is 1.85. The van der Waals surface area contributed by atoms with Crippen LogP contribution in [0.4, 0.5) is 0 Å². The van der Waals surface area contributed by atoms with Crippen molar-refractivity contribution in [2.75, 3.05) is 0 Å². The SMILES string of the molecule is Cc1cc2[nH]ccc2cc1C(C)N. The highest BCUT2D eigenvalue weighted by molar-refractivity contribution is 5.81. The second-order valence-corrected chi connectivity index (χ2v) is 3.56. The van der Waals surface area contributed by atoms with Crippen LogP contribution in [0.3, 0.4) is 0 Å². The molecule has 0 amide bonds. The van der Waals surface area contributed by atoms with E-state index in [0.29, 0.717) is 0 Å². The molecule has 0 radical (unpaired) electrons. The molecule has 0 aliphatic carbocycles. The van der Waals surface area contributed by atoms with Gasteiger partial charge in [-0.05, 0) is 48.6 Å². The predicted octanol–water partition coefficient (Wildman–Crippen LogP) is 2.50. The van der Waals surface area contributed by atoms with Crippen LogP contribution in [0.15, 0.2) is 24.4 Å². The highest BCUT2D eigenvalue weighted by Gasteiger charge is 2.05. The average Bonchev–Trinajstić information content (AvgIpc) is 2.48. The summed E-state index contributed by atoms with van der Waals surface area (Å²) < 4.78 is 0. The number of aryl methyl sites for hydroxylation is 1. The highest BCUT2D eigenvalue weighted by atomic mass is 14.7. The standard InChI is InChI=1S/C11H14N2/c1-7-5-11-9(3-4-13-11)6-10(7)8(2)12/h3-6,8,13H,12H2,1-2H3. The van der Waals surface area contributed by atoms with Gasteiger partial charge in [-0.1, -0.05) is 0 Å². The van der Waals surface area contributed by atoms with Gasteiger partial charge in [0, 0.05) is 17.8 Å². The van der Waals surface area contributed by atoms with Crippen molar-refractivity contribution in [3.8, 4) is 0 Å². The number of aromatic nitrogens is 1. The summed E-state index contributed by atoms with van der Waals surface area (Å²) in [6, 6.07) is 6.49. The molecular weight excluding hydrogens is 160 g/mol. The van der Waals surface area contributed by atoms with Gasteiger partial charge >= 0.3 is 0 Å². The zero-order valence-electron chi connectivity index (χ0n) is 7.96. The first-order valence-corrected chi connectivity index (χ1v) is 4.51. The zero-order valence-corrected chi connectivity index (χ0v) is 7.96. The van der Waals surface area contributed by atoms with E-state index < -0.39 is 0 Å². The molecular formula is C11H14N2. The first-order valence-electron chi connectivity index (χ1n) is 4.51. The lowest BCUT2D eigenvalue weighted by molar-refractivity contribution is 0.812. The van der Waals surface area contributed by atoms with Crippen LogP contribution in [0.2, 0.25) is 0 Å². The monoisotopic (exact) mass is 174 g/mol. The number of nitrogens with one attached hydrogen (secondary N) is 1. The molecule has 1 aromatic heterocycles. The van der Waals surface area contributed by atoms with Gasteiger partial charge in [0.05, 0.1) is 0 Å². The Morgan fingerprint density at radius 3 is 2.85 bits per heavy atom. The largest absolute Gasteiger partial charge is 0.361 e. The van der Waals surface area contributed by atoms with E-state index in [0.717, 1.165) is 0 Å². The molecule has 0 aliphatic heterocycles. The van der Waals surface area contributed by atoms with Crippen molar-refractivity contribution in [3.63, 3.8) is 0 Å². The van der Waals surface area contributed by atoms with Crippen LogP contribution in [0, 0.1) is 6.92 Å². The lowest BCUT2D eigenvalue weighted by Crippen LogP contribution is -2.06. The first kappa shape index (κ1) is 8.32. The van der Waals surface area contributed by atoms with Crippen LogP contribution < -0.4 is 5.73 Å². The number of hydrogen-bond acceptors (Lipinski definition) is 1. The van der Waals surface area contributed by atoms with Gasteiger partial charge in [-0.2, -0.15) is 0 Å². The van der Waals surface area contributed by atoms with Crippen molar-refractivity contribution < 1.29 is 0 Å². The fourth-order valence-electron chi connectivity index (χ4n) is 1.72. The number of aromatic amines is 1. The lowest BCUT2D eigenvalue weighted by Gasteiger charge is -2.09. The van der Waals surface area contributed by atoms with Crippen LogP contribution in [0.1, 0.15) is 24.1 Å². The summed E-state index contributed by atoms with van der Waals surface area (Å²) in [6.45, 7) is 4.11. The van der Waals surface area contributed by atoms with Gasteiger partial charge in [-0.15, -0.1) is 0 Å². The van der Waals surface area contributed by atoms with Crippen LogP contribution in [0.5, 0.6) is 0 Å². The van der Waals surface area contributed by atoms with Crippen LogP contribution in [-0.2, 0) is 0 Å². The van der Waals surface area contributed by atoms with Crippen molar-refractivity contribution in [3.05, 3.63) is 35.5 Å². The molecule has 1 unspecified atom stereocenters. The Hall–Kier alpha value is -1.28. The number of benzene rings is 1. The molecule has 2 heteroatoms. The van der Waals surface area contributed by atoms with Crippen LogP contribution in [0.25, 0.3) is 10.9 Å². The molecule has 3 N–H and O–H groups in total. The summed E-state index contributed by atoms with van der Waals surface area (Å²) >= 11 is 0. The fraction of sp³-hybridized carbons (Fsp3) is 0.273. The molecule has 68 valence electrons. The molecule has 13 heavy (non-hydrogen) atoms. The molecule has 0 fully saturated rings. The van der Waals surface area contributed by atoms with E-state index in [2.05, 4.69) is 30.1 Å². The Bertz CT molecular complexity index is 427. The van der Waals surface area contributed by atoms with Gasteiger partial charge in [0.25, 0.3) is 0 Å². The quantitative estimate of drug-likeness (QED) is 0.685. The Morgan fingerprint density at radius 2 is 2.15 bits per heavy atom. The van der Waals surface area contributed by atoms with Gasteiger partial charge in [0.2, 0.25) is 0 Å². The third-order valence-corrected chi connectivity index (χ3v) is 2.43. The van der Waals surface area contributed by atoms with Gasteiger partial charge in [0.15, 0.2) is 0 Å². The van der Waals surface area contributed by atoms with Gasteiger partial charge < -0.3 is 10.7 Å². The van der Waals surface area contributed by atoms with Crippen molar-refractivity contribution in [2.24, 2.45) is 5.73 Å². The molecule has 0 aliphatic rings. The van der Waals surface area contributed by atoms with Gasteiger partial charge in [-0.25, -0.2) is 0 Å². The normalized spacial score (nSPS) is 13.5. The summed E-state index contributed by atoms with van der Waals surface area (Å²) in [5, 5.41) is 1.23. The minimum Gasteiger partial charge on any atom is -0.361 e. The predicted molar refractivity (Wildman–Crippen MR) is 55.6 cm³/mol. The molecule has 1 aromatic carbocycles. The number of nitrogens with two attached hydrogens (primary N) is 1. The molecule has 0 saturated heterocycles. The minimum absolute atomic E-state index is 0.110. The lowest BCUT2D eigenvalue weighted by atomic mass is 10.0. The summed E-state index contributed by atoms with van der Waals surface area (Å²) in [6.07, 6.45) is 1.95. The third kappa shape index (κ3) is 1.33. The third-order valence-electron chi connectivity index (χ3n) is 2.43. The summed E-state index contributed by atoms with van der Waals surface area (Å²) in [4.78, 5) is 3.19. The van der Waals surface area contributed by atoms with Gasteiger partial charge in [0.1, 0.15) is 0 Å². The van der Waals surface area contributed by atoms with Crippen molar-refractivity contribution in [1.82, 2.24) is 4.98 Å². The van der Waals surface area contributed by atoms with Crippen molar-refractivity contribution >= 4 is 10.9 Å². The molecule has 0 spiro atoms. The number of hydrogen-bond donors (Lipinski definition) is 2. The van der Waals surface area contributed by atoms with E-state index in [1.807, 2.05) is 13.1 Å². The summed E-state index contributed by atoms with van der Waals surface area (Å²) in [5.41, 5.74) is 9.53. The molecule has 0 saturated carbocycles. The van der Waals surface area contributed by atoms with Crippen molar-refractivity contribution in [1.29, 1.82) is 0 Å². The molecule has 1 atom stereocenters. The summed E-state index contributed by atoms with van der Waals surface area (Å²) in [5.74, 6) is 0. The zero-order chi connectivity index (χ0) is 9.42. The number of fused-ring (bicyclic) bond motifs is 1. The first-order chi connectivity index (χ1) is 6.18. The Morgan fingerprint density at radius 1 is 1.38 bits per heavy atom. The molecule has 1 heterocycles. The smallest absolute Gasteiger partial charge is 0.0456 e. The van der Waals surface area contributed by atoms with Gasteiger partial charge in [-0.3, -0.25) is 0 Å². The van der Waals surface area contributed by atoms with E-state index in [1.165, 1.54) is 22.0 Å². The highest BCUT2D eigenvalue weighted by Crippen LogP contribution is 2.22. The topological polar surface area (TPSA) is 41.8 Å². The maximum absolute atomic E-state index is 5.86. The van der Waals surface area contributed by atoms with Crippen LogP contribution >= 0.6 is 0 Å². The Balaban J connectivity index is 2.69. The second-order valence-electron chi connectivity index (χ2n) is 3.56. The molecule has 0 bridgehead atoms. The number of rotatable bonds is 1. The van der Waals surface area contributed by atoms with E-state index in [9.17, 15) is 0 Å². The molecule has 2 nitrogen and oxygen atoms in total. The van der Waals surface area contributed by atoms with E-state index in [4.69, 9.17) is 5.73 Å². The molecule has 2 aromatic rings. The fourth-order valence-corrected chi connectivity index (χ4v) is 1.72. The average molecular weight is 174 g/mol. The number of H-pyrrole nitrogens is 1. The van der Waals surface area contributed by atoms with Crippen molar-refractivity contribution in [2.45, 2.75) is 19.9 Å². The Labute approximate surface area is 77.8 Å². The van der Waals surface area contributed by atoms with Crippen LogP contribution in [-0.4, -0.2) is 4.98 Å². The second kappa shape index (κ2) is 2.89. The maximum atomic E-state index is 5.86.